The Bertz CT molecular complexity index is 493. The van der Waals surface area contributed by atoms with Crippen LogP contribution in [0.25, 0.3) is 11.3 Å². The van der Waals surface area contributed by atoms with Gasteiger partial charge in [0.15, 0.2) is 5.13 Å². The van der Waals surface area contributed by atoms with E-state index in [9.17, 15) is 0 Å². The van der Waals surface area contributed by atoms with E-state index in [-0.39, 0.29) is 0 Å². The summed E-state index contributed by atoms with van der Waals surface area (Å²) in [6, 6.07) is 9.51. The molecule has 1 aromatic heterocycles. The summed E-state index contributed by atoms with van der Waals surface area (Å²) in [5.41, 5.74) is 2.64. The summed E-state index contributed by atoms with van der Waals surface area (Å²) in [5.74, 6) is 0. The number of aromatic nitrogens is 1. The van der Waals surface area contributed by atoms with Gasteiger partial charge in [-0.1, -0.05) is 12.1 Å². The Morgan fingerprint density at radius 1 is 1.33 bits per heavy atom. The summed E-state index contributed by atoms with van der Waals surface area (Å²) < 4.78 is 0. The van der Waals surface area contributed by atoms with E-state index in [0.29, 0.717) is 5.56 Å². The Morgan fingerprint density at radius 3 is 2.60 bits per heavy atom. The molecule has 0 spiro atoms. The summed E-state index contributed by atoms with van der Waals surface area (Å²) in [5, 5.41) is 14.6. The van der Waals surface area contributed by atoms with E-state index in [0.717, 1.165) is 16.4 Å². The lowest BCUT2D eigenvalue weighted by Gasteiger charge is -1.95. The zero-order chi connectivity index (χ0) is 10.7. The fourth-order valence-electron chi connectivity index (χ4n) is 1.24. The molecule has 0 saturated heterocycles. The van der Waals surface area contributed by atoms with Gasteiger partial charge in [-0.3, -0.25) is 0 Å². The molecule has 0 aliphatic heterocycles. The molecule has 1 N–H and O–H groups in total. The second-order valence-corrected chi connectivity index (χ2v) is 3.84. The average Bonchev–Trinajstić information content (AvgIpc) is 2.78. The largest absolute Gasteiger partial charge is 0.365 e. The van der Waals surface area contributed by atoms with Crippen LogP contribution < -0.4 is 5.32 Å². The second-order valence-electron chi connectivity index (χ2n) is 2.98. The highest BCUT2D eigenvalue weighted by Crippen LogP contribution is 2.24. The summed E-state index contributed by atoms with van der Waals surface area (Å²) in [6.07, 6.45) is 0. The van der Waals surface area contributed by atoms with Crippen LogP contribution in [-0.4, -0.2) is 12.0 Å². The number of rotatable bonds is 2. The lowest BCUT2D eigenvalue weighted by molar-refractivity contribution is 1.36. The minimum atomic E-state index is 0.669. The zero-order valence-electron chi connectivity index (χ0n) is 8.19. The van der Waals surface area contributed by atoms with Gasteiger partial charge in [-0.25, -0.2) is 4.98 Å². The Labute approximate surface area is 92.0 Å². The molecule has 0 saturated carbocycles. The van der Waals surface area contributed by atoms with Crippen molar-refractivity contribution in [2.75, 3.05) is 12.4 Å². The van der Waals surface area contributed by atoms with E-state index in [2.05, 4.69) is 16.4 Å². The van der Waals surface area contributed by atoms with Crippen LogP contribution in [0.15, 0.2) is 29.6 Å². The lowest BCUT2D eigenvalue weighted by atomic mass is 10.1. The van der Waals surface area contributed by atoms with Crippen LogP contribution >= 0.6 is 11.3 Å². The van der Waals surface area contributed by atoms with Gasteiger partial charge in [0, 0.05) is 18.0 Å². The molecule has 2 rings (SSSR count). The minimum Gasteiger partial charge on any atom is -0.365 e. The van der Waals surface area contributed by atoms with E-state index in [4.69, 9.17) is 5.26 Å². The van der Waals surface area contributed by atoms with Crippen molar-refractivity contribution in [1.82, 2.24) is 4.98 Å². The lowest BCUT2D eigenvalue weighted by Crippen LogP contribution is -1.86. The van der Waals surface area contributed by atoms with Gasteiger partial charge in [-0.15, -0.1) is 11.3 Å². The normalized spacial score (nSPS) is 9.60. The van der Waals surface area contributed by atoms with Gasteiger partial charge in [0.1, 0.15) is 0 Å². The van der Waals surface area contributed by atoms with Gasteiger partial charge in [-0.2, -0.15) is 5.26 Å². The molecule has 2 aromatic rings. The summed E-state index contributed by atoms with van der Waals surface area (Å²) in [7, 11) is 1.85. The van der Waals surface area contributed by atoms with Crippen molar-refractivity contribution in [3.63, 3.8) is 0 Å². The van der Waals surface area contributed by atoms with Gasteiger partial charge in [0.2, 0.25) is 0 Å². The smallest absolute Gasteiger partial charge is 0.182 e. The van der Waals surface area contributed by atoms with Crippen molar-refractivity contribution < 1.29 is 0 Å². The molecule has 0 aliphatic rings. The monoisotopic (exact) mass is 215 g/mol. The third-order valence-corrected chi connectivity index (χ3v) is 2.89. The predicted molar refractivity (Wildman–Crippen MR) is 61.8 cm³/mol. The number of hydrogen-bond donors (Lipinski definition) is 1. The molecule has 74 valence electrons. The molecule has 0 fully saturated rings. The van der Waals surface area contributed by atoms with Crippen LogP contribution in [0, 0.1) is 11.3 Å². The van der Waals surface area contributed by atoms with Crippen LogP contribution in [0.3, 0.4) is 0 Å². The number of thiazole rings is 1. The number of nitrogens with one attached hydrogen (secondary N) is 1. The van der Waals surface area contributed by atoms with Crippen molar-refractivity contribution in [2.24, 2.45) is 0 Å². The first-order valence-corrected chi connectivity index (χ1v) is 5.35. The third-order valence-electron chi connectivity index (χ3n) is 2.03. The van der Waals surface area contributed by atoms with Crippen molar-refractivity contribution >= 4 is 16.5 Å². The average molecular weight is 215 g/mol. The highest BCUT2D eigenvalue weighted by molar-refractivity contribution is 7.14. The first kappa shape index (κ1) is 9.69. The molecule has 15 heavy (non-hydrogen) atoms. The molecule has 0 bridgehead atoms. The standard InChI is InChI=1S/C11H9N3S/c1-13-11-14-10(7-15-11)9-4-2-8(6-12)3-5-9/h2-5,7H,1H3,(H,13,14). The molecule has 0 unspecified atom stereocenters. The van der Waals surface area contributed by atoms with Crippen LogP contribution in [0.4, 0.5) is 5.13 Å². The van der Waals surface area contributed by atoms with Gasteiger partial charge in [0.05, 0.1) is 17.3 Å². The maximum atomic E-state index is 8.67. The third kappa shape index (κ3) is 1.97. The number of nitrogens with zero attached hydrogens (tertiary/aromatic N) is 2. The molecule has 0 amide bonds. The first-order valence-electron chi connectivity index (χ1n) is 4.47. The topological polar surface area (TPSA) is 48.7 Å². The highest BCUT2D eigenvalue weighted by Gasteiger charge is 2.02. The van der Waals surface area contributed by atoms with Gasteiger partial charge in [-0.05, 0) is 12.1 Å². The van der Waals surface area contributed by atoms with E-state index in [1.807, 2.05) is 24.6 Å². The van der Waals surface area contributed by atoms with Crippen molar-refractivity contribution in [3.8, 4) is 17.3 Å². The number of hydrogen-bond acceptors (Lipinski definition) is 4. The number of anilines is 1. The molecule has 0 atom stereocenters. The second kappa shape index (κ2) is 4.11. The van der Waals surface area contributed by atoms with Crippen LogP contribution in [-0.2, 0) is 0 Å². The molecule has 1 heterocycles. The molecule has 4 heteroatoms. The van der Waals surface area contributed by atoms with Gasteiger partial charge >= 0.3 is 0 Å². The van der Waals surface area contributed by atoms with Crippen molar-refractivity contribution in [1.29, 1.82) is 5.26 Å². The Hall–Kier alpha value is -1.86. The maximum Gasteiger partial charge on any atom is 0.182 e. The van der Waals surface area contributed by atoms with Crippen molar-refractivity contribution in [3.05, 3.63) is 35.2 Å². The van der Waals surface area contributed by atoms with Gasteiger partial charge < -0.3 is 5.32 Å². The molecule has 0 aliphatic carbocycles. The fraction of sp³-hybridized carbons (Fsp3) is 0.0909. The highest BCUT2D eigenvalue weighted by atomic mass is 32.1. The van der Waals surface area contributed by atoms with Crippen LogP contribution in [0.2, 0.25) is 0 Å². The van der Waals surface area contributed by atoms with Crippen molar-refractivity contribution in [2.45, 2.75) is 0 Å². The number of benzene rings is 1. The Morgan fingerprint density at radius 2 is 2.07 bits per heavy atom. The van der Waals surface area contributed by atoms with E-state index >= 15 is 0 Å². The molecule has 3 nitrogen and oxygen atoms in total. The maximum absolute atomic E-state index is 8.67. The van der Waals surface area contributed by atoms with E-state index < -0.39 is 0 Å². The first-order chi connectivity index (χ1) is 7.33. The number of nitriles is 1. The SMILES string of the molecule is CNc1nc(-c2ccc(C#N)cc2)cs1. The molecule has 1 aromatic carbocycles. The summed E-state index contributed by atoms with van der Waals surface area (Å²) >= 11 is 1.57. The fourth-order valence-corrected chi connectivity index (χ4v) is 1.92. The Kier molecular flexibility index (Phi) is 2.66. The summed E-state index contributed by atoms with van der Waals surface area (Å²) in [6.45, 7) is 0. The minimum absolute atomic E-state index is 0.669. The summed E-state index contributed by atoms with van der Waals surface area (Å²) in [4.78, 5) is 4.38. The predicted octanol–water partition coefficient (Wildman–Crippen LogP) is 2.72. The van der Waals surface area contributed by atoms with Crippen LogP contribution in [0.5, 0.6) is 0 Å². The molecular weight excluding hydrogens is 206 g/mol. The van der Waals surface area contributed by atoms with E-state index in [1.165, 1.54) is 0 Å². The molecular formula is C11H9N3S. The van der Waals surface area contributed by atoms with Crippen LogP contribution in [0.1, 0.15) is 5.56 Å². The Balaban J connectivity index is 2.33. The quantitative estimate of drug-likeness (QED) is 0.838. The van der Waals surface area contributed by atoms with Gasteiger partial charge in [0.25, 0.3) is 0 Å². The van der Waals surface area contributed by atoms with E-state index in [1.54, 1.807) is 23.5 Å². The molecule has 0 radical (unpaired) electrons. The zero-order valence-corrected chi connectivity index (χ0v) is 9.01.